The van der Waals surface area contributed by atoms with Crippen molar-refractivity contribution >= 4 is 23.4 Å². The Hall–Kier alpha value is -2.51. The second-order valence-corrected chi connectivity index (χ2v) is 6.40. The van der Waals surface area contributed by atoms with Crippen molar-refractivity contribution in [2.75, 3.05) is 31.5 Å². The average Bonchev–Trinajstić information content (AvgIpc) is 3.38. The summed E-state index contributed by atoms with van der Waals surface area (Å²) in [5, 5.41) is 2.51. The third-order valence-corrected chi connectivity index (χ3v) is 4.67. The first kappa shape index (κ1) is 17.3. The Balaban J connectivity index is 1.51. The first-order valence-electron chi connectivity index (χ1n) is 8.17. The predicted octanol–water partition coefficient (Wildman–Crippen LogP) is 1.23. The van der Waals surface area contributed by atoms with E-state index in [0.717, 1.165) is 12.1 Å². The van der Waals surface area contributed by atoms with E-state index in [4.69, 9.17) is 0 Å². The SMILES string of the molecule is CC(=O)N1CCN(C(=O)C2CC2C(=O)Nc2ccc(F)c(F)c2)CC1. The first-order valence-corrected chi connectivity index (χ1v) is 8.17. The van der Waals surface area contributed by atoms with E-state index >= 15 is 0 Å². The molecular formula is C17H19F2N3O3. The fourth-order valence-electron chi connectivity index (χ4n) is 3.04. The van der Waals surface area contributed by atoms with Crippen molar-refractivity contribution in [3.8, 4) is 0 Å². The number of halogens is 2. The molecule has 1 saturated carbocycles. The number of piperazine rings is 1. The number of nitrogens with zero attached hydrogens (tertiary/aromatic N) is 2. The summed E-state index contributed by atoms with van der Waals surface area (Å²) in [6.45, 7) is 3.43. The van der Waals surface area contributed by atoms with Crippen molar-refractivity contribution in [2.45, 2.75) is 13.3 Å². The molecule has 2 atom stereocenters. The van der Waals surface area contributed by atoms with Crippen LogP contribution < -0.4 is 5.32 Å². The molecule has 1 N–H and O–H groups in total. The molecule has 134 valence electrons. The van der Waals surface area contributed by atoms with Crippen molar-refractivity contribution in [2.24, 2.45) is 11.8 Å². The number of rotatable bonds is 3. The highest BCUT2D eigenvalue weighted by molar-refractivity contribution is 5.99. The van der Waals surface area contributed by atoms with Gasteiger partial charge in [-0.15, -0.1) is 0 Å². The molecule has 1 aliphatic carbocycles. The molecule has 3 rings (SSSR count). The van der Waals surface area contributed by atoms with Gasteiger partial charge in [0.25, 0.3) is 0 Å². The number of nitrogens with one attached hydrogen (secondary N) is 1. The third-order valence-electron chi connectivity index (χ3n) is 4.67. The molecule has 6 nitrogen and oxygen atoms in total. The molecule has 1 aromatic carbocycles. The van der Waals surface area contributed by atoms with Gasteiger partial charge in [-0.25, -0.2) is 8.78 Å². The predicted molar refractivity (Wildman–Crippen MR) is 85.4 cm³/mol. The number of benzene rings is 1. The summed E-state index contributed by atoms with van der Waals surface area (Å²) in [4.78, 5) is 39.3. The molecule has 2 fully saturated rings. The molecule has 25 heavy (non-hydrogen) atoms. The standard InChI is InChI=1S/C17H19F2N3O3/c1-10(23)21-4-6-22(7-5-21)17(25)13-9-12(13)16(24)20-11-2-3-14(18)15(19)8-11/h2-3,8,12-13H,4-7,9H2,1H3,(H,20,24). The van der Waals surface area contributed by atoms with Gasteiger partial charge in [0.05, 0.1) is 11.8 Å². The highest BCUT2D eigenvalue weighted by atomic mass is 19.2. The van der Waals surface area contributed by atoms with Crippen LogP contribution in [0, 0.1) is 23.5 Å². The second kappa shape index (κ2) is 6.78. The van der Waals surface area contributed by atoms with Crippen LogP contribution in [0.4, 0.5) is 14.5 Å². The van der Waals surface area contributed by atoms with Crippen molar-refractivity contribution < 1.29 is 23.2 Å². The molecule has 0 aromatic heterocycles. The zero-order chi connectivity index (χ0) is 18.1. The van der Waals surface area contributed by atoms with E-state index in [2.05, 4.69) is 5.32 Å². The van der Waals surface area contributed by atoms with Crippen LogP contribution in [0.1, 0.15) is 13.3 Å². The van der Waals surface area contributed by atoms with E-state index in [0.29, 0.717) is 32.6 Å². The highest BCUT2D eigenvalue weighted by Gasteiger charge is 2.49. The van der Waals surface area contributed by atoms with Gasteiger partial charge in [0.1, 0.15) is 0 Å². The average molecular weight is 351 g/mol. The molecule has 1 aliphatic heterocycles. The van der Waals surface area contributed by atoms with Crippen LogP contribution in [0.3, 0.4) is 0 Å². The summed E-state index contributed by atoms with van der Waals surface area (Å²) in [6, 6.07) is 3.12. The molecule has 2 aliphatic rings. The fraction of sp³-hybridized carbons (Fsp3) is 0.471. The Kier molecular flexibility index (Phi) is 4.69. The van der Waals surface area contributed by atoms with Crippen molar-refractivity contribution in [3.05, 3.63) is 29.8 Å². The van der Waals surface area contributed by atoms with Gasteiger partial charge in [0.2, 0.25) is 17.7 Å². The molecule has 1 saturated heterocycles. The molecule has 0 bridgehead atoms. The van der Waals surface area contributed by atoms with Crippen molar-refractivity contribution in [3.63, 3.8) is 0 Å². The third kappa shape index (κ3) is 3.78. The maximum Gasteiger partial charge on any atom is 0.228 e. The Bertz CT molecular complexity index is 717. The normalized spacial score (nSPS) is 22.5. The van der Waals surface area contributed by atoms with Crippen LogP contribution in [0.15, 0.2) is 18.2 Å². The highest BCUT2D eigenvalue weighted by Crippen LogP contribution is 2.41. The number of carbonyl (C=O) groups excluding carboxylic acids is 3. The largest absolute Gasteiger partial charge is 0.339 e. The van der Waals surface area contributed by atoms with E-state index < -0.39 is 17.6 Å². The summed E-state index contributed by atoms with van der Waals surface area (Å²) in [7, 11) is 0. The minimum atomic E-state index is -1.04. The second-order valence-electron chi connectivity index (χ2n) is 6.40. The summed E-state index contributed by atoms with van der Waals surface area (Å²) in [6.07, 6.45) is 0.446. The lowest BCUT2D eigenvalue weighted by Crippen LogP contribution is -2.50. The van der Waals surface area contributed by atoms with Gasteiger partial charge in [-0.3, -0.25) is 14.4 Å². The summed E-state index contributed by atoms with van der Waals surface area (Å²) in [5.74, 6) is -3.32. The fourth-order valence-corrected chi connectivity index (χ4v) is 3.04. The molecule has 0 spiro atoms. The Morgan fingerprint density at radius 1 is 1.00 bits per heavy atom. The Morgan fingerprint density at radius 2 is 1.64 bits per heavy atom. The van der Waals surface area contributed by atoms with Crippen LogP contribution in [-0.4, -0.2) is 53.7 Å². The number of hydrogen-bond acceptors (Lipinski definition) is 3. The zero-order valence-electron chi connectivity index (χ0n) is 13.8. The monoisotopic (exact) mass is 351 g/mol. The Morgan fingerprint density at radius 3 is 2.24 bits per heavy atom. The maximum atomic E-state index is 13.2. The molecular weight excluding hydrogens is 332 g/mol. The topological polar surface area (TPSA) is 69.7 Å². The van der Waals surface area contributed by atoms with Crippen molar-refractivity contribution in [1.29, 1.82) is 0 Å². The van der Waals surface area contributed by atoms with Crippen LogP contribution in [0.25, 0.3) is 0 Å². The van der Waals surface area contributed by atoms with Gasteiger partial charge >= 0.3 is 0 Å². The van der Waals surface area contributed by atoms with Crippen LogP contribution in [0.5, 0.6) is 0 Å². The van der Waals surface area contributed by atoms with Gasteiger partial charge in [0, 0.05) is 44.9 Å². The Labute approximate surface area is 143 Å². The smallest absolute Gasteiger partial charge is 0.228 e. The van der Waals surface area contributed by atoms with E-state index in [-0.39, 0.29) is 29.3 Å². The summed E-state index contributed by atoms with van der Waals surface area (Å²) in [5.41, 5.74) is 0.164. The maximum absolute atomic E-state index is 13.2. The van der Waals surface area contributed by atoms with Crippen LogP contribution >= 0.6 is 0 Å². The number of carbonyl (C=O) groups is 3. The molecule has 1 aromatic rings. The lowest BCUT2D eigenvalue weighted by atomic mass is 10.2. The lowest BCUT2D eigenvalue weighted by molar-refractivity contribution is -0.139. The quantitative estimate of drug-likeness (QED) is 0.891. The number of anilines is 1. The van der Waals surface area contributed by atoms with E-state index in [1.807, 2.05) is 0 Å². The first-order chi connectivity index (χ1) is 11.9. The van der Waals surface area contributed by atoms with Gasteiger partial charge < -0.3 is 15.1 Å². The minimum absolute atomic E-state index is 0.0118. The van der Waals surface area contributed by atoms with Gasteiger partial charge in [-0.2, -0.15) is 0 Å². The molecule has 1 heterocycles. The van der Waals surface area contributed by atoms with Crippen LogP contribution in [0.2, 0.25) is 0 Å². The van der Waals surface area contributed by atoms with Crippen LogP contribution in [-0.2, 0) is 14.4 Å². The van der Waals surface area contributed by atoms with Gasteiger partial charge in [-0.05, 0) is 18.6 Å². The number of hydrogen-bond donors (Lipinski definition) is 1. The molecule has 3 amide bonds. The summed E-state index contributed by atoms with van der Waals surface area (Å²) < 4.78 is 26.1. The van der Waals surface area contributed by atoms with E-state index in [1.54, 1.807) is 9.80 Å². The van der Waals surface area contributed by atoms with Gasteiger partial charge in [-0.1, -0.05) is 0 Å². The number of amides is 3. The zero-order valence-corrected chi connectivity index (χ0v) is 13.8. The van der Waals surface area contributed by atoms with E-state index in [1.165, 1.54) is 13.0 Å². The molecule has 0 radical (unpaired) electrons. The molecule has 8 heteroatoms. The van der Waals surface area contributed by atoms with Gasteiger partial charge in [0.15, 0.2) is 11.6 Å². The molecule has 2 unspecified atom stereocenters. The lowest BCUT2D eigenvalue weighted by Gasteiger charge is -2.34. The van der Waals surface area contributed by atoms with Crippen molar-refractivity contribution in [1.82, 2.24) is 9.80 Å². The summed E-state index contributed by atoms with van der Waals surface area (Å²) >= 11 is 0. The minimum Gasteiger partial charge on any atom is -0.339 e. The van der Waals surface area contributed by atoms with E-state index in [9.17, 15) is 23.2 Å².